The predicted molar refractivity (Wildman–Crippen MR) is 136 cm³/mol. The highest BCUT2D eigenvalue weighted by Gasteiger charge is 2.22. The summed E-state index contributed by atoms with van der Waals surface area (Å²) in [5.41, 5.74) is 3.12. The monoisotopic (exact) mass is 530 g/mol. The van der Waals surface area contributed by atoms with E-state index in [2.05, 4.69) is 17.1 Å². The lowest BCUT2D eigenvalue weighted by atomic mass is 10.2. The number of hydrogen-bond acceptors (Lipinski definition) is 8. The van der Waals surface area contributed by atoms with Crippen molar-refractivity contribution in [3.05, 3.63) is 89.5 Å². The molecule has 3 aromatic carbocycles. The molecule has 9 nitrogen and oxygen atoms in total. The Balaban J connectivity index is 1.75. The molecule has 0 aliphatic carbocycles. The number of halogens is 1. The maximum atomic E-state index is 12.6. The molecule has 0 unspecified atom stereocenters. The smallest absolute Gasteiger partial charge is 0.339 e. The Morgan fingerprint density at radius 3 is 2.42 bits per heavy atom. The van der Waals surface area contributed by atoms with Crippen molar-refractivity contribution in [2.75, 3.05) is 20.8 Å². The first-order valence-electron chi connectivity index (χ1n) is 10.4. The number of hydrogen-bond donors (Lipinski definition) is 1. The number of benzene rings is 3. The number of carbonyl (C=O) groups is 1. The molecule has 188 valence electrons. The molecule has 3 rings (SSSR count). The zero-order valence-corrected chi connectivity index (χ0v) is 21.0. The van der Waals surface area contributed by atoms with Gasteiger partial charge in [0.1, 0.15) is 11.5 Å². The van der Waals surface area contributed by atoms with Crippen LogP contribution in [0.25, 0.3) is 0 Å². The lowest BCUT2D eigenvalue weighted by Crippen LogP contribution is -2.17. The van der Waals surface area contributed by atoms with Gasteiger partial charge < -0.3 is 18.4 Å². The minimum absolute atomic E-state index is 0.0264. The Morgan fingerprint density at radius 1 is 1.03 bits per heavy atom. The molecule has 0 bridgehead atoms. The van der Waals surface area contributed by atoms with Gasteiger partial charge in [0, 0.05) is 5.56 Å². The van der Waals surface area contributed by atoms with E-state index in [1.54, 1.807) is 36.4 Å². The van der Waals surface area contributed by atoms with Crippen LogP contribution in [-0.4, -0.2) is 41.4 Å². The summed E-state index contributed by atoms with van der Waals surface area (Å²) in [5, 5.41) is 3.90. The molecule has 0 aromatic heterocycles. The van der Waals surface area contributed by atoms with Crippen LogP contribution in [0.1, 0.15) is 15.9 Å². The van der Waals surface area contributed by atoms with Crippen LogP contribution in [0.5, 0.6) is 23.0 Å². The van der Waals surface area contributed by atoms with Crippen LogP contribution in [-0.2, 0) is 10.1 Å². The highest BCUT2D eigenvalue weighted by atomic mass is 35.5. The van der Waals surface area contributed by atoms with Crippen molar-refractivity contribution in [1.82, 2.24) is 5.43 Å². The van der Waals surface area contributed by atoms with E-state index < -0.39 is 16.0 Å². The van der Waals surface area contributed by atoms with Crippen molar-refractivity contribution in [3.63, 3.8) is 0 Å². The Hall–Kier alpha value is -4.02. The molecule has 36 heavy (non-hydrogen) atoms. The summed E-state index contributed by atoms with van der Waals surface area (Å²) in [7, 11) is -1.33. The van der Waals surface area contributed by atoms with Crippen LogP contribution >= 0.6 is 11.6 Å². The van der Waals surface area contributed by atoms with Crippen molar-refractivity contribution in [2.45, 2.75) is 4.90 Å². The Labute approximate surface area is 214 Å². The molecule has 0 fully saturated rings. The van der Waals surface area contributed by atoms with Gasteiger partial charge in [-0.25, -0.2) is 5.43 Å². The van der Waals surface area contributed by atoms with E-state index >= 15 is 0 Å². The fraction of sp³-hybridized carbons (Fsp3) is 0.120. The van der Waals surface area contributed by atoms with Crippen molar-refractivity contribution >= 4 is 33.8 Å². The number of nitrogens with zero attached hydrogens (tertiary/aromatic N) is 1. The number of nitrogens with one attached hydrogen (secondary N) is 1. The zero-order chi connectivity index (χ0) is 26.1. The SMILES string of the molecule is C=CCOc1ccc(C(=O)N/N=C/c2cc(Cl)c(OS(=O)(=O)c3ccccc3)c(OC)c2)cc1OC. The number of carbonyl (C=O) groups excluding carboxylic acids is 1. The second-order valence-electron chi connectivity index (χ2n) is 7.05. The number of amides is 1. The molecule has 0 spiro atoms. The average molecular weight is 531 g/mol. The van der Waals surface area contributed by atoms with E-state index in [0.717, 1.165) is 0 Å². The van der Waals surface area contributed by atoms with Crippen molar-refractivity contribution in [1.29, 1.82) is 0 Å². The highest BCUT2D eigenvalue weighted by molar-refractivity contribution is 7.87. The Bertz CT molecular complexity index is 1380. The van der Waals surface area contributed by atoms with Gasteiger partial charge in [-0.15, -0.1) is 0 Å². The van der Waals surface area contributed by atoms with Crippen LogP contribution in [0.2, 0.25) is 5.02 Å². The molecule has 0 atom stereocenters. The molecule has 11 heteroatoms. The van der Waals surface area contributed by atoms with Crippen LogP contribution in [0.15, 0.2) is 83.3 Å². The van der Waals surface area contributed by atoms with Crippen LogP contribution in [0.4, 0.5) is 0 Å². The van der Waals surface area contributed by atoms with Gasteiger partial charge in [0.25, 0.3) is 5.91 Å². The van der Waals surface area contributed by atoms with Gasteiger partial charge >= 0.3 is 10.1 Å². The maximum absolute atomic E-state index is 12.6. The highest BCUT2D eigenvalue weighted by Crippen LogP contribution is 2.38. The second-order valence-corrected chi connectivity index (χ2v) is 9.00. The van der Waals surface area contributed by atoms with Gasteiger partial charge in [-0.2, -0.15) is 13.5 Å². The molecule has 0 saturated carbocycles. The molecule has 3 aromatic rings. The third kappa shape index (κ3) is 6.55. The minimum atomic E-state index is -4.13. The number of rotatable bonds is 11. The molecule has 1 N–H and O–H groups in total. The molecule has 0 radical (unpaired) electrons. The molecule has 0 heterocycles. The van der Waals surface area contributed by atoms with Crippen molar-refractivity contribution in [2.24, 2.45) is 5.10 Å². The predicted octanol–water partition coefficient (Wildman–Crippen LogP) is 4.45. The van der Waals surface area contributed by atoms with E-state index in [0.29, 0.717) is 29.2 Å². The van der Waals surface area contributed by atoms with Crippen LogP contribution < -0.4 is 23.8 Å². The number of methoxy groups -OCH3 is 2. The summed E-state index contributed by atoms with van der Waals surface area (Å²) in [6.07, 6.45) is 2.91. The molecule has 1 amide bonds. The summed E-state index contributed by atoms with van der Waals surface area (Å²) in [6, 6.07) is 15.2. The van der Waals surface area contributed by atoms with Gasteiger partial charge in [-0.1, -0.05) is 42.5 Å². The molecular weight excluding hydrogens is 508 g/mol. The van der Waals surface area contributed by atoms with Gasteiger partial charge in [-0.05, 0) is 48.0 Å². The maximum Gasteiger partial charge on any atom is 0.339 e. The van der Waals surface area contributed by atoms with Gasteiger partial charge in [0.2, 0.25) is 5.75 Å². The van der Waals surface area contributed by atoms with Gasteiger partial charge in [0.05, 0.1) is 25.5 Å². The standard InChI is InChI=1S/C25H23ClN2O7S/c1-4-12-34-21-11-10-18(15-22(21)32-2)25(29)28-27-16-17-13-20(26)24(23(14-17)33-3)35-36(30,31)19-8-6-5-7-9-19/h4-11,13-16H,1,12H2,2-3H3,(H,28,29)/b27-16+. The Morgan fingerprint density at radius 2 is 1.75 bits per heavy atom. The third-order valence-electron chi connectivity index (χ3n) is 4.64. The van der Waals surface area contributed by atoms with E-state index in [1.807, 2.05) is 0 Å². The number of hydrazone groups is 1. The van der Waals surface area contributed by atoms with Crippen molar-refractivity contribution < 1.29 is 31.6 Å². The first-order chi connectivity index (χ1) is 17.3. The van der Waals surface area contributed by atoms with E-state index in [4.69, 9.17) is 30.0 Å². The fourth-order valence-electron chi connectivity index (χ4n) is 2.95. The quantitative estimate of drug-likeness (QED) is 0.169. The molecule has 0 aliphatic rings. The van der Waals surface area contributed by atoms with Crippen LogP contribution in [0, 0.1) is 0 Å². The lowest BCUT2D eigenvalue weighted by Gasteiger charge is -2.13. The zero-order valence-electron chi connectivity index (χ0n) is 19.4. The average Bonchev–Trinajstić information content (AvgIpc) is 2.89. The lowest BCUT2D eigenvalue weighted by molar-refractivity contribution is 0.0954. The molecule has 0 aliphatic heterocycles. The summed E-state index contributed by atoms with van der Waals surface area (Å²) in [6.45, 7) is 3.88. The van der Waals surface area contributed by atoms with E-state index in [-0.39, 0.29) is 21.4 Å². The number of ether oxygens (including phenoxy) is 3. The minimum Gasteiger partial charge on any atom is -0.493 e. The molecule has 0 saturated heterocycles. The largest absolute Gasteiger partial charge is 0.493 e. The van der Waals surface area contributed by atoms with Crippen molar-refractivity contribution in [3.8, 4) is 23.0 Å². The third-order valence-corrected chi connectivity index (χ3v) is 6.16. The van der Waals surface area contributed by atoms with Crippen LogP contribution in [0.3, 0.4) is 0 Å². The second kappa shape index (κ2) is 12.1. The van der Waals surface area contributed by atoms with E-state index in [9.17, 15) is 13.2 Å². The fourth-order valence-corrected chi connectivity index (χ4v) is 4.23. The Kier molecular flexibility index (Phi) is 8.93. The summed E-state index contributed by atoms with van der Waals surface area (Å²) in [5.74, 6) is 0.248. The normalized spacial score (nSPS) is 11.1. The van der Waals surface area contributed by atoms with Gasteiger partial charge in [-0.3, -0.25) is 4.79 Å². The molecular formula is C25H23ClN2O7S. The van der Waals surface area contributed by atoms with Gasteiger partial charge in [0.15, 0.2) is 17.2 Å². The van der Waals surface area contributed by atoms with E-state index in [1.165, 1.54) is 50.8 Å². The summed E-state index contributed by atoms with van der Waals surface area (Å²) < 4.78 is 46.4. The summed E-state index contributed by atoms with van der Waals surface area (Å²) >= 11 is 6.28. The first kappa shape index (κ1) is 26.6. The topological polar surface area (TPSA) is 113 Å². The summed E-state index contributed by atoms with van der Waals surface area (Å²) in [4.78, 5) is 12.5. The first-order valence-corrected chi connectivity index (χ1v) is 12.2.